The molecular formula is C8H16N6. The molecule has 0 bridgehead atoms. The van der Waals surface area contributed by atoms with Crippen molar-refractivity contribution < 1.29 is 0 Å². The summed E-state index contributed by atoms with van der Waals surface area (Å²) in [6, 6.07) is 0.474. The third-order valence-corrected chi connectivity index (χ3v) is 2.55. The molecule has 1 aromatic heterocycles. The Morgan fingerprint density at radius 1 is 1.50 bits per heavy atom. The van der Waals surface area contributed by atoms with Crippen LogP contribution in [0.4, 0.5) is 11.9 Å². The van der Waals surface area contributed by atoms with Gasteiger partial charge >= 0.3 is 0 Å². The summed E-state index contributed by atoms with van der Waals surface area (Å²) in [6.07, 6.45) is 2.26. The van der Waals surface area contributed by atoms with Crippen molar-refractivity contribution in [3.05, 3.63) is 0 Å². The average Bonchev–Trinajstić information content (AvgIpc) is 2.56. The van der Waals surface area contributed by atoms with Crippen LogP contribution in [-0.2, 0) is 0 Å². The second-order valence-corrected chi connectivity index (χ2v) is 3.77. The summed E-state index contributed by atoms with van der Waals surface area (Å²) in [7, 11) is 2.14. The molecule has 2 heterocycles. The summed E-state index contributed by atoms with van der Waals surface area (Å²) in [5.41, 5.74) is 5.43. The number of piperidine rings is 1. The second-order valence-electron chi connectivity index (χ2n) is 3.77. The summed E-state index contributed by atoms with van der Waals surface area (Å²) in [5.74, 6) is 0.970. The summed E-state index contributed by atoms with van der Waals surface area (Å²) >= 11 is 0. The Hall–Kier alpha value is -1.30. The van der Waals surface area contributed by atoms with E-state index in [-0.39, 0.29) is 0 Å². The Balaban J connectivity index is 1.86. The van der Waals surface area contributed by atoms with Crippen LogP contribution >= 0.6 is 0 Å². The molecule has 0 aliphatic carbocycles. The molecule has 0 spiro atoms. The maximum atomic E-state index is 5.43. The molecule has 0 radical (unpaired) electrons. The lowest BCUT2D eigenvalue weighted by atomic mass is 10.1. The fraction of sp³-hybridized carbons (Fsp3) is 0.750. The number of nitrogens with zero attached hydrogens (tertiary/aromatic N) is 3. The molecule has 2 rings (SSSR count). The van der Waals surface area contributed by atoms with Gasteiger partial charge in [0.05, 0.1) is 0 Å². The Morgan fingerprint density at radius 2 is 2.21 bits per heavy atom. The van der Waals surface area contributed by atoms with Gasteiger partial charge in [0.25, 0.3) is 0 Å². The third-order valence-electron chi connectivity index (χ3n) is 2.55. The van der Waals surface area contributed by atoms with E-state index in [4.69, 9.17) is 5.73 Å². The molecule has 78 valence electrons. The lowest BCUT2D eigenvalue weighted by Crippen LogP contribution is -2.36. The summed E-state index contributed by atoms with van der Waals surface area (Å²) in [6.45, 7) is 2.25. The normalized spacial score (nSPS) is 19.8. The topological polar surface area (TPSA) is 82.9 Å². The van der Waals surface area contributed by atoms with Crippen LogP contribution in [0.5, 0.6) is 0 Å². The molecule has 0 aromatic carbocycles. The number of hydrogen-bond acceptors (Lipinski definition) is 5. The van der Waals surface area contributed by atoms with Gasteiger partial charge in [-0.3, -0.25) is 0 Å². The fourth-order valence-electron chi connectivity index (χ4n) is 1.67. The van der Waals surface area contributed by atoms with Crippen LogP contribution in [0.15, 0.2) is 0 Å². The first-order valence-corrected chi connectivity index (χ1v) is 4.87. The second kappa shape index (κ2) is 3.83. The van der Waals surface area contributed by atoms with Gasteiger partial charge in [0, 0.05) is 6.04 Å². The smallest absolute Gasteiger partial charge is 0.243 e. The van der Waals surface area contributed by atoms with Crippen molar-refractivity contribution in [1.82, 2.24) is 20.1 Å². The molecule has 4 N–H and O–H groups in total. The molecule has 0 unspecified atom stereocenters. The molecule has 1 saturated heterocycles. The number of nitrogens with one attached hydrogen (secondary N) is 2. The molecule has 0 saturated carbocycles. The van der Waals surface area contributed by atoms with E-state index < -0.39 is 0 Å². The minimum atomic E-state index is 0.362. The Kier molecular flexibility index (Phi) is 2.53. The molecule has 1 aromatic rings. The van der Waals surface area contributed by atoms with E-state index in [1.54, 1.807) is 0 Å². The van der Waals surface area contributed by atoms with E-state index in [1.165, 1.54) is 0 Å². The van der Waals surface area contributed by atoms with Gasteiger partial charge in [0.1, 0.15) is 0 Å². The lowest BCUT2D eigenvalue weighted by molar-refractivity contribution is 0.263. The largest absolute Gasteiger partial charge is 0.368 e. The van der Waals surface area contributed by atoms with Crippen LogP contribution in [0.2, 0.25) is 0 Å². The van der Waals surface area contributed by atoms with Crippen molar-refractivity contribution in [1.29, 1.82) is 0 Å². The van der Waals surface area contributed by atoms with Crippen molar-refractivity contribution in [3.63, 3.8) is 0 Å². The van der Waals surface area contributed by atoms with Gasteiger partial charge in [-0.25, -0.2) is 5.10 Å². The lowest BCUT2D eigenvalue weighted by Gasteiger charge is -2.28. The van der Waals surface area contributed by atoms with Crippen molar-refractivity contribution in [2.75, 3.05) is 31.2 Å². The van der Waals surface area contributed by atoms with E-state index in [0.29, 0.717) is 17.9 Å². The standard InChI is InChI=1S/C8H16N6/c1-14-4-2-6(3-5-14)10-8-11-7(9)12-13-8/h6H,2-5H2,1H3,(H4,9,10,11,12,13). The SMILES string of the molecule is CN1CCC(Nc2n[nH]c(N)n2)CC1. The van der Waals surface area contributed by atoms with Crippen LogP contribution in [0.3, 0.4) is 0 Å². The van der Waals surface area contributed by atoms with Crippen LogP contribution in [0, 0.1) is 0 Å². The van der Waals surface area contributed by atoms with Crippen molar-refractivity contribution in [2.24, 2.45) is 0 Å². The summed E-state index contributed by atoms with van der Waals surface area (Å²) < 4.78 is 0. The van der Waals surface area contributed by atoms with E-state index in [2.05, 4.69) is 32.4 Å². The van der Waals surface area contributed by atoms with E-state index in [1.807, 2.05) is 0 Å². The number of anilines is 2. The number of aromatic nitrogens is 3. The summed E-state index contributed by atoms with van der Waals surface area (Å²) in [4.78, 5) is 6.33. The van der Waals surface area contributed by atoms with E-state index in [0.717, 1.165) is 25.9 Å². The van der Waals surface area contributed by atoms with Gasteiger partial charge in [0.2, 0.25) is 11.9 Å². The number of H-pyrrole nitrogens is 1. The Morgan fingerprint density at radius 3 is 2.79 bits per heavy atom. The molecule has 6 heteroatoms. The first-order valence-electron chi connectivity index (χ1n) is 4.87. The van der Waals surface area contributed by atoms with Gasteiger partial charge in [-0.2, -0.15) is 4.98 Å². The maximum absolute atomic E-state index is 5.43. The van der Waals surface area contributed by atoms with Crippen LogP contribution in [0.25, 0.3) is 0 Å². The zero-order chi connectivity index (χ0) is 9.97. The van der Waals surface area contributed by atoms with Crippen LogP contribution in [-0.4, -0.2) is 46.3 Å². The average molecular weight is 196 g/mol. The fourth-order valence-corrected chi connectivity index (χ4v) is 1.67. The Labute approximate surface area is 82.9 Å². The van der Waals surface area contributed by atoms with Gasteiger partial charge in [-0.1, -0.05) is 0 Å². The third kappa shape index (κ3) is 2.14. The van der Waals surface area contributed by atoms with Crippen molar-refractivity contribution in [2.45, 2.75) is 18.9 Å². The van der Waals surface area contributed by atoms with Crippen LogP contribution in [0.1, 0.15) is 12.8 Å². The highest BCUT2D eigenvalue weighted by molar-refractivity contribution is 5.30. The molecule has 0 amide bonds. The van der Waals surface area contributed by atoms with Gasteiger partial charge < -0.3 is 16.0 Å². The number of likely N-dealkylation sites (tertiary alicyclic amines) is 1. The molecule has 1 fully saturated rings. The first-order chi connectivity index (χ1) is 6.74. The molecule has 1 aliphatic rings. The molecule has 1 aliphatic heterocycles. The van der Waals surface area contributed by atoms with Gasteiger partial charge in [0.15, 0.2) is 0 Å². The highest BCUT2D eigenvalue weighted by atomic mass is 15.3. The zero-order valence-electron chi connectivity index (χ0n) is 8.32. The number of nitrogens with two attached hydrogens (primary N) is 1. The highest BCUT2D eigenvalue weighted by Gasteiger charge is 2.17. The van der Waals surface area contributed by atoms with E-state index >= 15 is 0 Å². The van der Waals surface area contributed by atoms with Crippen LogP contribution < -0.4 is 11.1 Å². The molecule has 14 heavy (non-hydrogen) atoms. The van der Waals surface area contributed by atoms with Crippen molar-refractivity contribution >= 4 is 11.9 Å². The predicted octanol–water partition coefficient (Wildman–Crippen LogP) is -0.107. The maximum Gasteiger partial charge on any atom is 0.243 e. The predicted molar refractivity (Wildman–Crippen MR) is 54.9 cm³/mol. The molecular weight excluding hydrogens is 180 g/mol. The number of aromatic amines is 1. The number of nitrogen functional groups attached to an aromatic ring is 1. The zero-order valence-corrected chi connectivity index (χ0v) is 8.32. The number of hydrogen-bond donors (Lipinski definition) is 3. The monoisotopic (exact) mass is 196 g/mol. The number of rotatable bonds is 2. The first kappa shape index (κ1) is 9.26. The molecule has 0 atom stereocenters. The van der Waals surface area contributed by atoms with Gasteiger partial charge in [-0.05, 0) is 33.0 Å². The minimum Gasteiger partial charge on any atom is -0.368 e. The van der Waals surface area contributed by atoms with Gasteiger partial charge in [-0.15, -0.1) is 5.10 Å². The quantitative estimate of drug-likeness (QED) is 0.615. The Bertz CT molecular complexity index is 288. The van der Waals surface area contributed by atoms with Crippen molar-refractivity contribution in [3.8, 4) is 0 Å². The summed E-state index contributed by atoms with van der Waals surface area (Å²) in [5, 5.41) is 9.82. The molecule has 6 nitrogen and oxygen atoms in total. The minimum absolute atomic E-state index is 0.362. The van der Waals surface area contributed by atoms with E-state index in [9.17, 15) is 0 Å². The highest BCUT2D eigenvalue weighted by Crippen LogP contribution is 2.12.